The summed E-state index contributed by atoms with van der Waals surface area (Å²) < 4.78 is 26.8. The Kier molecular flexibility index (Phi) is 7.20. The standard InChI is InChI=1S/C22H24ClN3O5S/c1-15-7-9-17(10-8-15)32(30,31)21(24-20(28)18-5-3-4-6-19(18)23)22(29)26-13-11-25(12-14-26)16(2)27/h3-10,21H,11-14H2,1-2H3,(H,24,28)/t21-/m0/s1. The van der Waals surface area contributed by atoms with E-state index in [0.29, 0.717) is 0 Å². The quantitative estimate of drug-likeness (QED) is 0.708. The molecule has 0 aliphatic carbocycles. The highest BCUT2D eigenvalue weighted by Crippen LogP contribution is 2.20. The molecule has 0 aromatic heterocycles. The molecule has 1 atom stereocenters. The number of hydrogen-bond acceptors (Lipinski definition) is 5. The van der Waals surface area contributed by atoms with Gasteiger partial charge in [0.1, 0.15) is 0 Å². The van der Waals surface area contributed by atoms with Crippen LogP contribution in [0.4, 0.5) is 0 Å². The molecule has 1 N–H and O–H groups in total. The molecule has 0 bridgehead atoms. The Morgan fingerprint density at radius 1 is 0.938 bits per heavy atom. The van der Waals surface area contributed by atoms with Gasteiger partial charge in [-0.15, -0.1) is 0 Å². The van der Waals surface area contributed by atoms with E-state index in [1.54, 1.807) is 29.2 Å². The lowest BCUT2D eigenvalue weighted by Gasteiger charge is -2.36. The molecular weight excluding hydrogens is 454 g/mol. The van der Waals surface area contributed by atoms with E-state index in [0.717, 1.165) is 5.56 Å². The Labute approximate surface area is 192 Å². The number of nitrogens with zero attached hydrogens (tertiary/aromatic N) is 2. The zero-order valence-electron chi connectivity index (χ0n) is 17.7. The van der Waals surface area contributed by atoms with Crippen LogP contribution in [0.25, 0.3) is 0 Å². The van der Waals surface area contributed by atoms with E-state index >= 15 is 0 Å². The number of amides is 3. The molecule has 0 spiro atoms. The van der Waals surface area contributed by atoms with Gasteiger partial charge in [-0.2, -0.15) is 0 Å². The molecule has 2 aromatic carbocycles. The molecule has 0 radical (unpaired) electrons. The molecule has 170 valence electrons. The van der Waals surface area contributed by atoms with Crippen LogP contribution in [0.3, 0.4) is 0 Å². The number of carbonyl (C=O) groups is 3. The van der Waals surface area contributed by atoms with Crippen LogP contribution in [0.1, 0.15) is 22.8 Å². The predicted octanol–water partition coefficient (Wildman–Crippen LogP) is 1.87. The molecular formula is C22H24ClN3O5S. The van der Waals surface area contributed by atoms with E-state index in [4.69, 9.17) is 11.6 Å². The maximum atomic E-state index is 13.4. The zero-order chi connectivity index (χ0) is 23.5. The van der Waals surface area contributed by atoms with Crippen LogP contribution < -0.4 is 5.32 Å². The van der Waals surface area contributed by atoms with Crippen molar-refractivity contribution in [2.45, 2.75) is 24.1 Å². The van der Waals surface area contributed by atoms with E-state index in [1.807, 2.05) is 6.92 Å². The first-order chi connectivity index (χ1) is 15.1. The van der Waals surface area contributed by atoms with Gasteiger partial charge >= 0.3 is 0 Å². The minimum atomic E-state index is -4.26. The molecule has 1 heterocycles. The van der Waals surface area contributed by atoms with Crippen LogP contribution in [-0.2, 0) is 19.4 Å². The van der Waals surface area contributed by atoms with Crippen LogP contribution in [0, 0.1) is 6.92 Å². The molecule has 3 amide bonds. The van der Waals surface area contributed by atoms with E-state index in [-0.39, 0.29) is 47.6 Å². The fourth-order valence-corrected chi connectivity index (χ4v) is 5.07. The lowest BCUT2D eigenvalue weighted by atomic mass is 10.2. The van der Waals surface area contributed by atoms with Gasteiger partial charge in [-0.3, -0.25) is 14.4 Å². The third kappa shape index (κ3) is 5.11. The maximum Gasteiger partial charge on any atom is 0.261 e. The molecule has 10 heteroatoms. The summed E-state index contributed by atoms with van der Waals surface area (Å²) in [5.74, 6) is -1.64. The number of benzene rings is 2. The third-order valence-electron chi connectivity index (χ3n) is 5.30. The average Bonchev–Trinajstić information content (AvgIpc) is 2.77. The van der Waals surface area contributed by atoms with Crippen molar-refractivity contribution < 1.29 is 22.8 Å². The minimum absolute atomic E-state index is 0.0625. The van der Waals surface area contributed by atoms with Gasteiger partial charge < -0.3 is 15.1 Å². The van der Waals surface area contributed by atoms with Gasteiger partial charge in [0.25, 0.3) is 11.8 Å². The molecule has 1 aliphatic rings. The number of hydrogen-bond donors (Lipinski definition) is 1. The van der Waals surface area contributed by atoms with E-state index in [9.17, 15) is 22.8 Å². The summed E-state index contributed by atoms with van der Waals surface area (Å²) in [4.78, 5) is 40.6. The van der Waals surface area contributed by atoms with Gasteiger partial charge in [0.15, 0.2) is 0 Å². The third-order valence-corrected chi connectivity index (χ3v) is 7.50. The first-order valence-corrected chi connectivity index (χ1v) is 11.9. The van der Waals surface area contributed by atoms with Crippen molar-refractivity contribution in [2.75, 3.05) is 26.2 Å². The number of halogens is 1. The first kappa shape index (κ1) is 23.7. The molecule has 3 rings (SSSR count). The van der Waals surface area contributed by atoms with Crippen molar-refractivity contribution in [1.29, 1.82) is 0 Å². The molecule has 2 aromatic rings. The highest BCUT2D eigenvalue weighted by atomic mass is 35.5. The van der Waals surface area contributed by atoms with Crippen LogP contribution in [0.15, 0.2) is 53.4 Å². The predicted molar refractivity (Wildman–Crippen MR) is 120 cm³/mol. The summed E-state index contributed by atoms with van der Waals surface area (Å²) in [5, 5.41) is 0.678. The number of piperazine rings is 1. The van der Waals surface area contributed by atoms with Crippen molar-refractivity contribution in [3.63, 3.8) is 0 Å². The maximum absolute atomic E-state index is 13.4. The van der Waals surface area contributed by atoms with E-state index in [2.05, 4.69) is 5.32 Å². The van der Waals surface area contributed by atoms with Crippen molar-refractivity contribution in [2.24, 2.45) is 0 Å². The van der Waals surface area contributed by atoms with Crippen LogP contribution >= 0.6 is 11.6 Å². The molecule has 0 unspecified atom stereocenters. The van der Waals surface area contributed by atoms with Gasteiger partial charge in [-0.05, 0) is 31.2 Å². The highest BCUT2D eigenvalue weighted by Gasteiger charge is 2.39. The van der Waals surface area contributed by atoms with Crippen molar-refractivity contribution in [3.8, 4) is 0 Å². The van der Waals surface area contributed by atoms with E-state index in [1.165, 1.54) is 36.1 Å². The normalized spacial score (nSPS) is 15.2. The Bertz CT molecular complexity index is 1130. The molecule has 0 saturated carbocycles. The van der Waals surface area contributed by atoms with Crippen LogP contribution in [-0.4, -0.2) is 67.5 Å². The Hall–Kier alpha value is -2.91. The Morgan fingerprint density at radius 2 is 1.50 bits per heavy atom. The van der Waals surface area contributed by atoms with Gasteiger partial charge in [0.2, 0.25) is 21.1 Å². The summed E-state index contributed by atoms with van der Waals surface area (Å²) in [6.07, 6.45) is 0. The largest absolute Gasteiger partial charge is 0.339 e. The summed E-state index contributed by atoms with van der Waals surface area (Å²) in [6.45, 7) is 4.16. The summed E-state index contributed by atoms with van der Waals surface area (Å²) in [7, 11) is -4.26. The monoisotopic (exact) mass is 477 g/mol. The lowest BCUT2D eigenvalue weighted by molar-refractivity contribution is -0.138. The van der Waals surface area contributed by atoms with Gasteiger partial charge in [-0.25, -0.2) is 8.42 Å². The lowest BCUT2D eigenvalue weighted by Crippen LogP contribution is -2.57. The second-order valence-corrected chi connectivity index (χ2v) is 9.96. The van der Waals surface area contributed by atoms with Crippen molar-refractivity contribution in [3.05, 3.63) is 64.7 Å². The number of rotatable bonds is 5. The Morgan fingerprint density at radius 3 is 2.06 bits per heavy atom. The van der Waals surface area contributed by atoms with Crippen molar-refractivity contribution in [1.82, 2.24) is 15.1 Å². The number of aryl methyl sites for hydroxylation is 1. The number of nitrogens with one attached hydrogen (secondary N) is 1. The highest BCUT2D eigenvalue weighted by molar-refractivity contribution is 7.92. The van der Waals surface area contributed by atoms with Crippen LogP contribution in [0.5, 0.6) is 0 Å². The van der Waals surface area contributed by atoms with Crippen LogP contribution in [0.2, 0.25) is 5.02 Å². The minimum Gasteiger partial charge on any atom is -0.339 e. The second kappa shape index (κ2) is 9.70. The van der Waals surface area contributed by atoms with Crippen molar-refractivity contribution >= 4 is 39.2 Å². The summed E-state index contributed by atoms with van der Waals surface area (Å²) >= 11 is 6.08. The number of carbonyl (C=O) groups excluding carboxylic acids is 3. The van der Waals surface area contributed by atoms with Gasteiger partial charge in [0, 0.05) is 33.1 Å². The fourth-order valence-electron chi connectivity index (χ4n) is 3.39. The molecule has 1 saturated heterocycles. The molecule has 32 heavy (non-hydrogen) atoms. The molecule has 1 fully saturated rings. The molecule has 1 aliphatic heterocycles. The summed E-state index contributed by atoms with van der Waals surface area (Å²) in [6, 6.07) is 12.2. The summed E-state index contributed by atoms with van der Waals surface area (Å²) in [5.41, 5.74) is 0.916. The average molecular weight is 478 g/mol. The smallest absolute Gasteiger partial charge is 0.261 e. The number of sulfone groups is 1. The Balaban J connectivity index is 1.93. The van der Waals surface area contributed by atoms with Gasteiger partial charge in [-0.1, -0.05) is 41.4 Å². The second-order valence-electron chi connectivity index (χ2n) is 7.52. The molecule has 8 nitrogen and oxygen atoms in total. The first-order valence-electron chi connectivity index (χ1n) is 10.0. The van der Waals surface area contributed by atoms with E-state index < -0.39 is 27.0 Å². The van der Waals surface area contributed by atoms with Gasteiger partial charge in [0.05, 0.1) is 15.5 Å². The fraction of sp³-hybridized carbons (Fsp3) is 0.318. The SMILES string of the molecule is CC(=O)N1CCN(C(=O)[C@@H](NC(=O)c2ccccc2Cl)S(=O)(=O)c2ccc(C)cc2)CC1. The topological polar surface area (TPSA) is 104 Å². The zero-order valence-corrected chi connectivity index (χ0v) is 19.3.